The highest BCUT2D eigenvalue weighted by molar-refractivity contribution is 6.29. The van der Waals surface area contributed by atoms with Gasteiger partial charge in [-0.2, -0.15) is 0 Å². The third kappa shape index (κ3) is 3.19. The first kappa shape index (κ1) is 12.4. The summed E-state index contributed by atoms with van der Waals surface area (Å²) < 4.78 is 0. The normalized spacial score (nSPS) is 15.1. The Morgan fingerprint density at radius 3 is 2.71 bits per heavy atom. The third-order valence-corrected chi connectivity index (χ3v) is 3.23. The molecule has 0 bridgehead atoms. The fourth-order valence-corrected chi connectivity index (χ4v) is 1.89. The van der Waals surface area contributed by atoms with Crippen molar-refractivity contribution >= 4 is 17.5 Å². The van der Waals surface area contributed by atoms with Crippen LogP contribution in [0.1, 0.15) is 37.0 Å². The average molecular weight is 253 g/mol. The maximum atomic E-state index is 12.3. The van der Waals surface area contributed by atoms with Crippen molar-refractivity contribution in [3.05, 3.63) is 29.0 Å². The number of hydrogen-bond acceptors (Lipinski definition) is 2. The topological polar surface area (TPSA) is 33.2 Å². The van der Waals surface area contributed by atoms with Crippen LogP contribution in [0.3, 0.4) is 0 Å². The summed E-state index contributed by atoms with van der Waals surface area (Å²) in [4.78, 5) is 18.2. The first-order valence-electron chi connectivity index (χ1n) is 6.00. The van der Waals surface area contributed by atoms with Crippen molar-refractivity contribution in [3.63, 3.8) is 0 Å². The first-order valence-corrected chi connectivity index (χ1v) is 6.38. The quantitative estimate of drug-likeness (QED) is 0.772. The summed E-state index contributed by atoms with van der Waals surface area (Å²) in [5.41, 5.74) is 0.615. The van der Waals surface area contributed by atoms with Crippen LogP contribution in [0.5, 0.6) is 0 Å². The highest BCUT2D eigenvalue weighted by Crippen LogP contribution is 2.30. The molecule has 0 spiro atoms. The number of carbonyl (C=O) groups is 1. The molecular weight excluding hydrogens is 236 g/mol. The molecule has 0 unspecified atom stereocenters. The number of nitrogens with zero attached hydrogens (tertiary/aromatic N) is 2. The molecule has 2 rings (SSSR count). The zero-order valence-electron chi connectivity index (χ0n) is 10.2. The number of amides is 1. The molecule has 4 heteroatoms. The maximum absolute atomic E-state index is 12.3. The lowest BCUT2D eigenvalue weighted by Gasteiger charge is -2.26. The van der Waals surface area contributed by atoms with E-state index in [0.717, 1.165) is 6.54 Å². The van der Waals surface area contributed by atoms with Crippen molar-refractivity contribution in [1.29, 1.82) is 0 Å². The average Bonchev–Trinajstić information content (AvgIpc) is 3.09. The van der Waals surface area contributed by atoms with Gasteiger partial charge in [-0.05, 0) is 44.7 Å². The lowest BCUT2D eigenvalue weighted by Crippen LogP contribution is -2.38. The Bertz CT molecular complexity index is 398. The lowest BCUT2D eigenvalue weighted by molar-refractivity contribution is 0.0696. The Kier molecular flexibility index (Phi) is 3.67. The molecule has 1 fully saturated rings. The zero-order valence-corrected chi connectivity index (χ0v) is 10.9. The number of halogens is 1. The van der Waals surface area contributed by atoms with Crippen molar-refractivity contribution in [2.45, 2.75) is 32.7 Å². The van der Waals surface area contributed by atoms with E-state index < -0.39 is 0 Å². The molecule has 0 aromatic carbocycles. The van der Waals surface area contributed by atoms with Gasteiger partial charge in [-0.15, -0.1) is 0 Å². The molecule has 92 valence electrons. The minimum atomic E-state index is 0.0519. The summed E-state index contributed by atoms with van der Waals surface area (Å²) >= 11 is 5.72. The Morgan fingerprint density at radius 2 is 2.24 bits per heavy atom. The molecule has 1 heterocycles. The van der Waals surface area contributed by atoms with Crippen LogP contribution in [0, 0.1) is 5.92 Å². The second kappa shape index (κ2) is 5.05. The fourth-order valence-electron chi connectivity index (χ4n) is 1.77. The standard InChI is InChI=1S/C13H17ClN2O/c1-9(2)16(8-10-3-4-10)13(17)11-5-6-12(14)15-7-11/h5-7,9-10H,3-4,8H2,1-2H3. The minimum absolute atomic E-state index is 0.0519. The molecule has 1 aliphatic rings. The van der Waals surface area contributed by atoms with E-state index in [0.29, 0.717) is 16.6 Å². The monoisotopic (exact) mass is 252 g/mol. The van der Waals surface area contributed by atoms with E-state index in [2.05, 4.69) is 4.98 Å². The zero-order chi connectivity index (χ0) is 12.4. The van der Waals surface area contributed by atoms with Crippen molar-refractivity contribution in [2.24, 2.45) is 5.92 Å². The van der Waals surface area contributed by atoms with Gasteiger partial charge in [0.15, 0.2) is 0 Å². The van der Waals surface area contributed by atoms with Gasteiger partial charge in [-0.3, -0.25) is 4.79 Å². The molecule has 17 heavy (non-hydrogen) atoms. The SMILES string of the molecule is CC(C)N(CC1CC1)C(=O)c1ccc(Cl)nc1. The van der Waals surface area contributed by atoms with Gasteiger partial charge in [-0.1, -0.05) is 11.6 Å². The highest BCUT2D eigenvalue weighted by atomic mass is 35.5. The first-order chi connectivity index (χ1) is 8.08. The van der Waals surface area contributed by atoms with Crippen molar-refractivity contribution in [2.75, 3.05) is 6.54 Å². The van der Waals surface area contributed by atoms with Crippen molar-refractivity contribution < 1.29 is 4.79 Å². The third-order valence-electron chi connectivity index (χ3n) is 3.01. The van der Waals surface area contributed by atoms with E-state index in [1.54, 1.807) is 18.3 Å². The molecule has 1 aromatic heterocycles. The summed E-state index contributed by atoms with van der Waals surface area (Å²) in [7, 11) is 0. The Labute approximate surface area is 107 Å². The van der Waals surface area contributed by atoms with E-state index >= 15 is 0 Å². The molecule has 0 aliphatic heterocycles. The number of carbonyl (C=O) groups excluding carboxylic acids is 1. The molecule has 0 N–H and O–H groups in total. The fraction of sp³-hybridized carbons (Fsp3) is 0.538. The van der Waals surface area contributed by atoms with Crippen LogP contribution in [0.25, 0.3) is 0 Å². The summed E-state index contributed by atoms with van der Waals surface area (Å²) in [6.07, 6.45) is 4.04. The van der Waals surface area contributed by atoms with Crippen LogP contribution in [-0.4, -0.2) is 28.4 Å². The largest absolute Gasteiger partial charge is 0.336 e. The molecule has 0 atom stereocenters. The van der Waals surface area contributed by atoms with E-state index in [1.165, 1.54) is 12.8 Å². The minimum Gasteiger partial charge on any atom is -0.336 e. The Hall–Kier alpha value is -1.09. The van der Waals surface area contributed by atoms with Crippen molar-refractivity contribution in [1.82, 2.24) is 9.88 Å². The van der Waals surface area contributed by atoms with Crippen LogP contribution >= 0.6 is 11.6 Å². The lowest BCUT2D eigenvalue weighted by atomic mass is 10.2. The molecular formula is C13H17ClN2O. The van der Waals surface area contributed by atoms with Gasteiger partial charge >= 0.3 is 0 Å². The van der Waals surface area contributed by atoms with Gasteiger partial charge in [-0.25, -0.2) is 4.98 Å². The van der Waals surface area contributed by atoms with Crippen LogP contribution in [0.2, 0.25) is 5.15 Å². The second-order valence-corrected chi connectivity index (χ2v) is 5.25. The number of pyridine rings is 1. The highest BCUT2D eigenvalue weighted by Gasteiger charge is 2.28. The van der Waals surface area contributed by atoms with E-state index in [-0.39, 0.29) is 11.9 Å². The summed E-state index contributed by atoms with van der Waals surface area (Å²) in [5.74, 6) is 0.748. The Balaban J connectivity index is 2.11. The van der Waals surface area contributed by atoms with Crippen LogP contribution in [-0.2, 0) is 0 Å². The van der Waals surface area contributed by atoms with Gasteiger partial charge in [0.2, 0.25) is 0 Å². The Morgan fingerprint density at radius 1 is 1.53 bits per heavy atom. The molecule has 0 saturated heterocycles. The maximum Gasteiger partial charge on any atom is 0.255 e. The van der Waals surface area contributed by atoms with Gasteiger partial charge in [0.25, 0.3) is 5.91 Å². The van der Waals surface area contributed by atoms with E-state index in [1.807, 2.05) is 18.7 Å². The van der Waals surface area contributed by atoms with Gasteiger partial charge < -0.3 is 4.90 Å². The smallest absolute Gasteiger partial charge is 0.255 e. The van der Waals surface area contributed by atoms with Gasteiger partial charge in [0, 0.05) is 18.8 Å². The molecule has 1 aliphatic carbocycles. The van der Waals surface area contributed by atoms with E-state index in [9.17, 15) is 4.79 Å². The number of aromatic nitrogens is 1. The molecule has 1 saturated carbocycles. The molecule has 1 aromatic rings. The van der Waals surface area contributed by atoms with Crippen molar-refractivity contribution in [3.8, 4) is 0 Å². The number of rotatable bonds is 4. The number of hydrogen-bond donors (Lipinski definition) is 0. The van der Waals surface area contributed by atoms with Crippen LogP contribution in [0.4, 0.5) is 0 Å². The predicted molar refractivity (Wildman–Crippen MR) is 68.1 cm³/mol. The van der Waals surface area contributed by atoms with Crippen LogP contribution in [0.15, 0.2) is 18.3 Å². The van der Waals surface area contributed by atoms with Crippen LogP contribution < -0.4 is 0 Å². The second-order valence-electron chi connectivity index (χ2n) is 4.86. The van der Waals surface area contributed by atoms with E-state index in [4.69, 9.17) is 11.6 Å². The molecule has 1 amide bonds. The molecule has 0 radical (unpaired) electrons. The predicted octanol–water partition coefficient (Wildman–Crippen LogP) is 3.00. The summed E-state index contributed by atoms with van der Waals surface area (Å²) in [6.45, 7) is 4.95. The summed E-state index contributed by atoms with van der Waals surface area (Å²) in [6, 6.07) is 3.61. The molecule has 3 nitrogen and oxygen atoms in total. The van der Waals surface area contributed by atoms with Gasteiger partial charge in [0.1, 0.15) is 5.15 Å². The van der Waals surface area contributed by atoms with Gasteiger partial charge in [0.05, 0.1) is 5.56 Å². The summed E-state index contributed by atoms with van der Waals surface area (Å²) in [5, 5.41) is 0.417.